The van der Waals surface area contributed by atoms with Gasteiger partial charge in [0.25, 0.3) is 0 Å². The minimum atomic E-state index is -0.367. The van der Waals surface area contributed by atoms with Gasteiger partial charge >= 0.3 is 11.9 Å². The highest BCUT2D eigenvalue weighted by Crippen LogP contribution is 2.33. The van der Waals surface area contributed by atoms with E-state index in [0.29, 0.717) is 12.2 Å². The fourth-order valence-electron chi connectivity index (χ4n) is 1.69. The zero-order valence-corrected chi connectivity index (χ0v) is 12.2. The van der Waals surface area contributed by atoms with Crippen molar-refractivity contribution in [1.29, 1.82) is 0 Å². The first-order chi connectivity index (χ1) is 9.51. The third kappa shape index (κ3) is 4.23. The minimum absolute atomic E-state index is 0.256. The summed E-state index contributed by atoms with van der Waals surface area (Å²) in [7, 11) is 0. The van der Waals surface area contributed by atoms with E-state index in [1.165, 1.54) is 0 Å². The lowest BCUT2D eigenvalue weighted by molar-refractivity contribution is -0.136. The molecule has 0 aliphatic heterocycles. The summed E-state index contributed by atoms with van der Waals surface area (Å²) in [6, 6.07) is 3.60. The molecule has 108 valence electrons. The van der Waals surface area contributed by atoms with Gasteiger partial charge in [-0.15, -0.1) is 6.58 Å². The van der Waals surface area contributed by atoms with E-state index in [0.717, 1.165) is 11.1 Å². The zero-order valence-electron chi connectivity index (χ0n) is 12.2. The lowest BCUT2D eigenvalue weighted by atomic mass is 10.1. The van der Waals surface area contributed by atoms with Crippen LogP contribution in [-0.4, -0.2) is 11.9 Å². The second-order valence-corrected chi connectivity index (χ2v) is 4.39. The van der Waals surface area contributed by atoms with Crippen molar-refractivity contribution in [2.45, 2.75) is 40.0 Å². The first kappa shape index (κ1) is 16.0. The molecule has 0 spiro atoms. The zero-order chi connectivity index (χ0) is 15.1. The largest absolute Gasteiger partial charge is 0.423 e. The molecule has 0 fully saturated rings. The van der Waals surface area contributed by atoms with Crippen molar-refractivity contribution in [3.05, 3.63) is 35.9 Å². The monoisotopic (exact) mass is 276 g/mol. The molecule has 1 aromatic carbocycles. The Labute approximate surface area is 119 Å². The Hall–Kier alpha value is -2.10. The van der Waals surface area contributed by atoms with Gasteiger partial charge in [0.2, 0.25) is 0 Å². The number of carbonyl (C=O) groups excluding carboxylic acids is 2. The van der Waals surface area contributed by atoms with Crippen LogP contribution in [0.3, 0.4) is 0 Å². The Morgan fingerprint density at radius 3 is 2.30 bits per heavy atom. The lowest BCUT2D eigenvalue weighted by Gasteiger charge is -2.14. The summed E-state index contributed by atoms with van der Waals surface area (Å²) in [4.78, 5) is 23.0. The van der Waals surface area contributed by atoms with Crippen molar-refractivity contribution >= 4 is 11.9 Å². The van der Waals surface area contributed by atoms with Gasteiger partial charge in [-0.2, -0.15) is 0 Å². The molecule has 0 aliphatic carbocycles. The van der Waals surface area contributed by atoms with Crippen LogP contribution in [0.15, 0.2) is 24.8 Å². The summed E-state index contributed by atoms with van der Waals surface area (Å²) in [6.07, 6.45) is 2.93. The van der Waals surface area contributed by atoms with Gasteiger partial charge in [-0.1, -0.05) is 26.0 Å². The van der Waals surface area contributed by atoms with Crippen molar-refractivity contribution in [2.75, 3.05) is 0 Å². The van der Waals surface area contributed by atoms with Crippen LogP contribution in [0.5, 0.6) is 11.5 Å². The minimum Gasteiger partial charge on any atom is -0.423 e. The second-order valence-electron chi connectivity index (χ2n) is 4.39. The average Bonchev–Trinajstić information content (AvgIpc) is 2.42. The van der Waals surface area contributed by atoms with E-state index in [-0.39, 0.29) is 30.5 Å². The number of carbonyl (C=O) groups is 2. The van der Waals surface area contributed by atoms with E-state index in [2.05, 4.69) is 6.58 Å². The van der Waals surface area contributed by atoms with Crippen molar-refractivity contribution in [3.63, 3.8) is 0 Å². The van der Waals surface area contributed by atoms with E-state index >= 15 is 0 Å². The first-order valence-corrected chi connectivity index (χ1v) is 6.67. The highest BCUT2D eigenvalue weighted by Gasteiger charge is 2.16. The van der Waals surface area contributed by atoms with Crippen LogP contribution in [0, 0.1) is 6.92 Å². The molecule has 0 aliphatic rings. The Morgan fingerprint density at radius 2 is 1.75 bits per heavy atom. The van der Waals surface area contributed by atoms with Gasteiger partial charge in [0, 0.05) is 12.8 Å². The molecule has 4 heteroatoms. The highest BCUT2D eigenvalue weighted by molar-refractivity contribution is 5.76. The number of hydrogen-bond donors (Lipinski definition) is 0. The number of benzene rings is 1. The fourth-order valence-corrected chi connectivity index (χ4v) is 1.69. The van der Waals surface area contributed by atoms with Crippen LogP contribution < -0.4 is 9.47 Å². The standard InChI is InChI=1S/C16H20O4/c1-5-8-12-9-11(4)16(20-15(18)7-3)13(10-12)19-14(17)6-2/h5,9-10H,1,6-8H2,2-4H3. The predicted molar refractivity (Wildman–Crippen MR) is 76.9 cm³/mol. The summed E-state index contributed by atoms with van der Waals surface area (Å²) in [6.45, 7) is 8.92. The van der Waals surface area contributed by atoms with Gasteiger partial charge in [0.15, 0.2) is 11.5 Å². The maximum atomic E-state index is 11.5. The third-order valence-corrected chi connectivity index (χ3v) is 2.70. The lowest BCUT2D eigenvalue weighted by Crippen LogP contribution is -2.12. The van der Waals surface area contributed by atoms with Gasteiger partial charge in [0.1, 0.15) is 0 Å². The van der Waals surface area contributed by atoms with Crippen molar-refractivity contribution in [3.8, 4) is 11.5 Å². The van der Waals surface area contributed by atoms with E-state index in [4.69, 9.17) is 9.47 Å². The normalized spacial score (nSPS) is 9.95. The number of hydrogen-bond acceptors (Lipinski definition) is 4. The molecule has 0 bridgehead atoms. The number of allylic oxidation sites excluding steroid dienone is 1. The van der Waals surface area contributed by atoms with E-state index in [1.807, 2.05) is 13.0 Å². The fraction of sp³-hybridized carbons (Fsp3) is 0.375. The summed E-state index contributed by atoms with van der Waals surface area (Å²) in [5.41, 5.74) is 1.71. The predicted octanol–water partition coefficient (Wildman–Crippen LogP) is 3.35. The van der Waals surface area contributed by atoms with Gasteiger partial charge in [-0.05, 0) is 30.5 Å². The molecule has 0 heterocycles. The molecule has 20 heavy (non-hydrogen) atoms. The smallest absolute Gasteiger partial charge is 0.311 e. The third-order valence-electron chi connectivity index (χ3n) is 2.70. The number of esters is 2. The Bertz CT molecular complexity index is 517. The van der Waals surface area contributed by atoms with Crippen molar-refractivity contribution < 1.29 is 19.1 Å². The quantitative estimate of drug-likeness (QED) is 0.454. The molecule has 0 saturated carbocycles. The summed E-state index contributed by atoms with van der Waals surface area (Å²) in [5.74, 6) is -0.130. The molecule has 1 rings (SSSR count). The Balaban J connectivity index is 3.20. The van der Waals surface area contributed by atoms with Gasteiger partial charge in [-0.25, -0.2) is 0 Å². The van der Waals surface area contributed by atoms with Crippen LogP contribution in [0.4, 0.5) is 0 Å². The van der Waals surface area contributed by atoms with E-state index in [9.17, 15) is 9.59 Å². The molecule has 0 radical (unpaired) electrons. The Morgan fingerprint density at radius 1 is 1.15 bits per heavy atom. The molecule has 0 saturated heterocycles. The topological polar surface area (TPSA) is 52.6 Å². The van der Waals surface area contributed by atoms with Crippen LogP contribution in [0.1, 0.15) is 37.8 Å². The molecule has 0 N–H and O–H groups in total. The van der Waals surface area contributed by atoms with Crippen molar-refractivity contribution in [2.24, 2.45) is 0 Å². The number of rotatable bonds is 6. The van der Waals surface area contributed by atoms with Crippen LogP contribution in [-0.2, 0) is 16.0 Å². The average molecular weight is 276 g/mol. The van der Waals surface area contributed by atoms with Crippen LogP contribution in [0.2, 0.25) is 0 Å². The number of ether oxygens (including phenoxy) is 2. The molecule has 0 aromatic heterocycles. The molecular formula is C16H20O4. The first-order valence-electron chi connectivity index (χ1n) is 6.67. The summed E-state index contributed by atoms with van der Waals surface area (Å²) < 4.78 is 10.5. The van der Waals surface area contributed by atoms with E-state index in [1.54, 1.807) is 26.0 Å². The molecule has 0 unspecified atom stereocenters. The molecular weight excluding hydrogens is 256 g/mol. The maximum Gasteiger partial charge on any atom is 0.311 e. The van der Waals surface area contributed by atoms with Crippen molar-refractivity contribution in [1.82, 2.24) is 0 Å². The molecule has 0 amide bonds. The SMILES string of the molecule is C=CCc1cc(C)c(OC(=O)CC)c(OC(=O)CC)c1. The van der Waals surface area contributed by atoms with E-state index < -0.39 is 0 Å². The molecule has 4 nitrogen and oxygen atoms in total. The van der Waals surface area contributed by atoms with Crippen LogP contribution >= 0.6 is 0 Å². The maximum absolute atomic E-state index is 11.5. The number of aryl methyl sites for hydroxylation is 1. The van der Waals surface area contributed by atoms with Crippen LogP contribution in [0.25, 0.3) is 0 Å². The van der Waals surface area contributed by atoms with Gasteiger partial charge < -0.3 is 9.47 Å². The summed E-state index contributed by atoms with van der Waals surface area (Å²) >= 11 is 0. The van der Waals surface area contributed by atoms with Gasteiger partial charge in [0.05, 0.1) is 0 Å². The molecule has 0 atom stereocenters. The summed E-state index contributed by atoms with van der Waals surface area (Å²) in [5, 5.41) is 0. The second kappa shape index (κ2) is 7.48. The van der Waals surface area contributed by atoms with Gasteiger partial charge in [-0.3, -0.25) is 9.59 Å². The molecule has 1 aromatic rings. The Kier molecular flexibility index (Phi) is 5.97. The highest BCUT2D eigenvalue weighted by atomic mass is 16.6.